The number of hydrogen-bond donors (Lipinski definition) is 1. The quantitative estimate of drug-likeness (QED) is 0.673. The molecule has 1 aromatic rings. The van der Waals surface area contributed by atoms with Gasteiger partial charge in [-0.05, 0) is 11.1 Å². The van der Waals surface area contributed by atoms with Crippen LogP contribution in [0.25, 0.3) is 0 Å². The van der Waals surface area contributed by atoms with Crippen LogP contribution in [0.1, 0.15) is 17.2 Å². The van der Waals surface area contributed by atoms with Gasteiger partial charge in [-0.25, -0.2) is 0 Å². The highest BCUT2D eigenvalue weighted by atomic mass is 16.1. The molecule has 1 amide bonds. The fourth-order valence-corrected chi connectivity index (χ4v) is 1.55. The highest BCUT2D eigenvalue weighted by molar-refractivity contribution is 5.85. The molecule has 0 aromatic heterocycles. The molecule has 0 saturated heterocycles. The average molecular weight is 174 g/mol. The summed E-state index contributed by atoms with van der Waals surface area (Å²) in [6.07, 6.45) is 2.54. The van der Waals surface area contributed by atoms with E-state index >= 15 is 0 Å². The highest BCUT2D eigenvalue weighted by Crippen LogP contribution is 2.24. The van der Waals surface area contributed by atoms with Crippen LogP contribution in [0.3, 0.4) is 0 Å². The summed E-state index contributed by atoms with van der Waals surface area (Å²) in [5, 5.41) is 0. The molecule has 2 rings (SSSR count). The Hall–Kier alpha value is -1.64. The Kier molecular flexibility index (Phi) is 1.85. The van der Waals surface area contributed by atoms with Crippen LogP contribution in [0.4, 0.5) is 0 Å². The van der Waals surface area contributed by atoms with Gasteiger partial charge in [-0.3, -0.25) is 9.79 Å². The van der Waals surface area contributed by atoms with Crippen molar-refractivity contribution in [3.63, 3.8) is 0 Å². The van der Waals surface area contributed by atoms with E-state index in [1.165, 1.54) is 0 Å². The molecule has 13 heavy (non-hydrogen) atoms. The number of benzene rings is 1. The summed E-state index contributed by atoms with van der Waals surface area (Å²) in [5.41, 5.74) is 7.31. The number of hydrogen-bond acceptors (Lipinski definition) is 2. The summed E-state index contributed by atoms with van der Waals surface area (Å²) in [6.45, 7) is 0. The summed E-state index contributed by atoms with van der Waals surface area (Å²) in [6, 6.07) is 7.27. The fraction of sp³-hybridized carbons (Fsp3) is 0.200. The zero-order valence-electron chi connectivity index (χ0n) is 7.10. The second-order valence-electron chi connectivity index (χ2n) is 3.04. The average Bonchev–Trinajstić information content (AvgIpc) is 2.17. The fourth-order valence-electron chi connectivity index (χ4n) is 1.55. The van der Waals surface area contributed by atoms with E-state index < -0.39 is 6.04 Å². The molecule has 3 heteroatoms. The van der Waals surface area contributed by atoms with E-state index in [1.807, 2.05) is 24.3 Å². The van der Waals surface area contributed by atoms with Gasteiger partial charge in [-0.15, -0.1) is 0 Å². The maximum absolute atomic E-state index is 11.0. The van der Waals surface area contributed by atoms with E-state index in [4.69, 9.17) is 5.73 Å². The number of nitrogens with two attached hydrogens (primary N) is 1. The summed E-state index contributed by atoms with van der Waals surface area (Å²) < 4.78 is 0. The Morgan fingerprint density at radius 1 is 1.46 bits per heavy atom. The molecule has 2 N–H and O–H groups in total. The topological polar surface area (TPSA) is 55.5 Å². The third-order valence-corrected chi connectivity index (χ3v) is 2.18. The van der Waals surface area contributed by atoms with Gasteiger partial charge in [0.1, 0.15) is 0 Å². The first kappa shape index (κ1) is 7.98. The lowest BCUT2D eigenvalue weighted by atomic mass is 9.96. The number of nitrogens with zero attached hydrogens (tertiary/aromatic N) is 1. The molecular formula is C10H10N2O. The van der Waals surface area contributed by atoms with Gasteiger partial charge in [0.05, 0.1) is 0 Å². The Morgan fingerprint density at radius 3 is 3.00 bits per heavy atom. The number of carbonyl (C=O) groups is 1. The van der Waals surface area contributed by atoms with Gasteiger partial charge in [0.15, 0.2) is 6.04 Å². The van der Waals surface area contributed by atoms with Gasteiger partial charge in [0.25, 0.3) is 0 Å². The molecule has 0 spiro atoms. The monoisotopic (exact) mass is 174 g/mol. The number of carbonyl (C=O) groups excluding carboxylic acids is 1. The molecule has 0 fully saturated rings. The van der Waals surface area contributed by atoms with E-state index in [2.05, 4.69) is 4.99 Å². The van der Waals surface area contributed by atoms with Gasteiger partial charge < -0.3 is 5.73 Å². The van der Waals surface area contributed by atoms with Gasteiger partial charge in [-0.1, -0.05) is 24.3 Å². The van der Waals surface area contributed by atoms with Crippen molar-refractivity contribution in [2.24, 2.45) is 10.7 Å². The molecule has 1 heterocycles. The second-order valence-corrected chi connectivity index (χ2v) is 3.04. The summed E-state index contributed by atoms with van der Waals surface area (Å²) >= 11 is 0. The van der Waals surface area contributed by atoms with Crippen LogP contribution in [-0.4, -0.2) is 12.1 Å². The van der Waals surface area contributed by atoms with Crippen molar-refractivity contribution >= 4 is 12.1 Å². The lowest BCUT2D eigenvalue weighted by molar-refractivity contribution is -0.119. The Morgan fingerprint density at radius 2 is 2.23 bits per heavy atom. The van der Waals surface area contributed by atoms with Crippen molar-refractivity contribution in [3.8, 4) is 0 Å². The number of aliphatic imine (C=N–C) groups is 1. The minimum Gasteiger partial charge on any atom is -0.368 e. The molecule has 1 unspecified atom stereocenters. The largest absolute Gasteiger partial charge is 0.368 e. The van der Waals surface area contributed by atoms with Gasteiger partial charge >= 0.3 is 0 Å². The van der Waals surface area contributed by atoms with Crippen molar-refractivity contribution in [2.45, 2.75) is 12.5 Å². The van der Waals surface area contributed by atoms with E-state index in [0.717, 1.165) is 17.5 Å². The van der Waals surface area contributed by atoms with Crippen molar-refractivity contribution in [1.82, 2.24) is 0 Å². The first-order chi connectivity index (χ1) is 6.29. The van der Waals surface area contributed by atoms with Crippen LogP contribution in [0.2, 0.25) is 0 Å². The highest BCUT2D eigenvalue weighted by Gasteiger charge is 2.20. The molecule has 1 aliphatic rings. The minimum absolute atomic E-state index is 0.386. The summed E-state index contributed by atoms with van der Waals surface area (Å²) in [4.78, 5) is 15.1. The van der Waals surface area contributed by atoms with Crippen LogP contribution < -0.4 is 5.73 Å². The SMILES string of the molecule is NC(=O)C1N=CCc2ccccc21. The van der Waals surface area contributed by atoms with Gasteiger partial charge in [0.2, 0.25) is 5.91 Å². The van der Waals surface area contributed by atoms with E-state index in [9.17, 15) is 4.79 Å². The van der Waals surface area contributed by atoms with Crippen LogP contribution >= 0.6 is 0 Å². The van der Waals surface area contributed by atoms with Crippen molar-refractivity contribution in [3.05, 3.63) is 35.4 Å². The van der Waals surface area contributed by atoms with Crippen molar-refractivity contribution in [2.75, 3.05) is 0 Å². The molecular weight excluding hydrogens is 164 g/mol. The maximum atomic E-state index is 11.0. The predicted octanol–water partition coefficient (Wildman–Crippen LogP) is 0.840. The lowest BCUT2D eigenvalue weighted by Gasteiger charge is -2.16. The maximum Gasteiger partial charge on any atom is 0.246 e. The van der Waals surface area contributed by atoms with Crippen molar-refractivity contribution in [1.29, 1.82) is 0 Å². The molecule has 1 aliphatic heterocycles. The zero-order valence-corrected chi connectivity index (χ0v) is 7.10. The molecule has 0 aliphatic carbocycles. The molecule has 0 saturated carbocycles. The third-order valence-electron chi connectivity index (χ3n) is 2.18. The van der Waals surface area contributed by atoms with Crippen LogP contribution in [0.5, 0.6) is 0 Å². The molecule has 0 bridgehead atoms. The van der Waals surface area contributed by atoms with Gasteiger partial charge in [-0.2, -0.15) is 0 Å². The Labute approximate surface area is 76.3 Å². The summed E-state index contributed by atoms with van der Waals surface area (Å²) in [5.74, 6) is -0.386. The third kappa shape index (κ3) is 1.33. The number of amides is 1. The zero-order chi connectivity index (χ0) is 9.26. The minimum atomic E-state index is -0.482. The number of rotatable bonds is 1. The number of fused-ring (bicyclic) bond motifs is 1. The Bertz CT molecular complexity index is 371. The normalized spacial score (nSPS) is 19.5. The standard InChI is InChI=1S/C10H10N2O/c11-10(13)9-8-4-2-1-3-7(8)5-6-12-9/h1-4,6,9H,5H2,(H2,11,13). The molecule has 0 radical (unpaired) electrons. The molecule has 1 aromatic carbocycles. The van der Waals surface area contributed by atoms with E-state index in [0.29, 0.717) is 0 Å². The lowest BCUT2D eigenvalue weighted by Crippen LogP contribution is -2.23. The summed E-state index contributed by atoms with van der Waals surface area (Å²) in [7, 11) is 0. The first-order valence-corrected chi connectivity index (χ1v) is 4.18. The predicted molar refractivity (Wildman–Crippen MR) is 50.6 cm³/mol. The first-order valence-electron chi connectivity index (χ1n) is 4.18. The number of primary amides is 1. The smallest absolute Gasteiger partial charge is 0.246 e. The molecule has 3 nitrogen and oxygen atoms in total. The van der Waals surface area contributed by atoms with Crippen molar-refractivity contribution < 1.29 is 4.79 Å². The molecule has 1 atom stereocenters. The second kappa shape index (κ2) is 3.01. The van der Waals surface area contributed by atoms with Crippen LogP contribution in [0, 0.1) is 0 Å². The van der Waals surface area contributed by atoms with Crippen LogP contribution in [0.15, 0.2) is 29.3 Å². The van der Waals surface area contributed by atoms with E-state index in [1.54, 1.807) is 6.21 Å². The Balaban J connectivity index is 2.48. The molecule has 66 valence electrons. The van der Waals surface area contributed by atoms with Gasteiger partial charge in [0, 0.05) is 12.6 Å². The van der Waals surface area contributed by atoms with Crippen LogP contribution in [-0.2, 0) is 11.2 Å². The van der Waals surface area contributed by atoms with E-state index in [-0.39, 0.29) is 5.91 Å².